The van der Waals surface area contributed by atoms with Gasteiger partial charge in [-0.05, 0) is 61.7 Å². The van der Waals surface area contributed by atoms with Gasteiger partial charge in [-0.25, -0.2) is 0 Å². The average molecular weight is 412 g/mol. The van der Waals surface area contributed by atoms with Gasteiger partial charge in [0.15, 0.2) is 6.61 Å². The van der Waals surface area contributed by atoms with Crippen LogP contribution in [0.2, 0.25) is 0 Å². The minimum absolute atomic E-state index is 0.0578. The van der Waals surface area contributed by atoms with Gasteiger partial charge < -0.3 is 24.8 Å². The summed E-state index contributed by atoms with van der Waals surface area (Å²) in [6.07, 6.45) is 1.28. The zero-order valence-electron chi connectivity index (χ0n) is 17.2. The molecule has 160 valence electrons. The quantitative estimate of drug-likeness (QED) is 0.696. The number of carbonyl (C=O) groups excluding carboxylic acids is 2. The topological polar surface area (TPSA) is 88.1 Å². The maximum atomic E-state index is 12.4. The van der Waals surface area contributed by atoms with Gasteiger partial charge in [-0.3, -0.25) is 9.59 Å². The monoisotopic (exact) mass is 412 g/mol. The molecule has 0 aromatic heterocycles. The first-order valence-corrected chi connectivity index (χ1v) is 10.2. The molecule has 7 nitrogen and oxygen atoms in total. The van der Waals surface area contributed by atoms with Crippen molar-refractivity contribution in [2.45, 2.75) is 32.3 Å². The summed E-state index contributed by atoms with van der Waals surface area (Å²) in [6.45, 7) is 3.61. The van der Waals surface area contributed by atoms with E-state index in [4.69, 9.17) is 9.47 Å². The minimum Gasteiger partial charge on any atom is -0.494 e. The van der Waals surface area contributed by atoms with Crippen LogP contribution in [-0.4, -0.2) is 54.2 Å². The number of piperidine rings is 1. The van der Waals surface area contributed by atoms with Gasteiger partial charge in [-0.2, -0.15) is 0 Å². The molecule has 2 aromatic carbocycles. The zero-order chi connectivity index (χ0) is 21.3. The number of hydrogen-bond acceptors (Lipinski definition) is 5. The van der Waals surface area contributed by atoms with Crippen LogP contribution >= 0.6 is 0 Å². The summed E-state index contributed by atoms with van der Waals surface area (Å²) < 4.78 is 10.9. The Hall–Kier alpha value is -3.06. The molecule has 1 saturated heterocycles. The van der Waals surface area contributed by atoms with Crippen molar-refractivity contribution < 1.29 is 24.2 Å². The molecular weight excluding hydrogens is 384 g/mol. The highest BCUT2D eigenvalue weighted by molar-refractivity contribution is 5.92. The van der Waals surface area contributed by atoms with Crippen molar-refractivity contribution in [3.05, 3.63) is 54.1 Å². The van der Waals surface area contributed by atoms with Crippen molar-refractivity contribution in [2.24, 2.45) is 0 Å². The highest BCUT2D eigenvalue weighted by Gasteiger charge is 2.21. The summed E-state index contributed by atoms with van der Waals surface area (Å²) in [7, 11) is 0. The van der Waals surface area contributed by atoms with E-state index in [0.29, 0.717) is 50.4 Å². The van der Waals surface area contributed by atoms with E-state index in [1.165, 1.54) is 0 Å². The molecule has 2 aromatic rings. The molecule has 0 spiro atoms. The molecule has 2 N–H and O–H groups in total. The average Bonchev–Trinajstić information content (AvgIpc) is 2.75. The van der Waals surface area contributed by atoms with E-state index in [-0.39, 0.29) is 24.5 Å². The Morgan fingerprint density at radius 3 is 2.20 bits per heavy atom. The highest BCUT2D eigenvalue weighted by atomic mass is 16.5. The third kappa shape index (κ3) is 6.49. The van der Waals surface area contributed by atoms with Crippen molar-refractivity contribution in [1.82, 2.24) is 4.90 Å². The minimum atomic E-state index is -0.296. The van der Waals surface area contributed by atoms with Gasteiger partial charge in [-0.1, -0.05) is 12.1 Å². The van der Waals surface area contributed by atoms with Gasteiger partial charge in [-0.15, -0.1) is 0 Å². The van der Waals surface area contributed by atoms with Crippen molar-refractivity contribution >= 4 is 17.5 Å². The molecule has 1 heterocycles. The molecule has 1 aliphatic rings. The molecule has 0 unspecified atom stereocenters. The molecular formula is C23H28N2O5. The van der Waals surface area contributed by atoms with Crippen LogP contribution in [0.4, 0.5) is 5.69 Å². The Bertz CT molecular complexity index is 828. The van der Waals surface area contributed by atoms with E-state index in [0.717, 1.165) is 11.3 Å². The van der Waals surface area contributed by atoms with E-state index >= 15 is 0 Å². The molecule has 0 radical (unpaired) electrons. The number of benzene rings is 2. The van der Waals surface area contributed by atoms with E-state index in [1.54, 1.807) is 41.3 Å². The first kappa shape index (κ1) is 21.6. The second-order valence-corrected chi connectivity index (χ2v) is 7.23. The number of carbonyl (C=O) groups is 2. The van der Waals surface area contributed by atoms with Crippen LogP contribution in [0.5, 0.6) is 11.5 Å². The number of aliphatic hydroxyl groups excluding tert-OH is 1. The summed E-state index contributed by atoms with van der Waals surface area (Å²) in [6, 6.07) is 14.3. The Kier molecular flexibility index (Phi) is 7.68. The lowest BCUT2D eigenvalue weighted by molar-refractivity contribution is -0.132. The first-order valence-electron chi connectivity index (χ1n) is 10.2. The molecule has 0 aliphatic carbocycles. The second kappa shape index (κ2) is 10.6. The van der Waals surface area contributed by atoms with Crippen molar-refractivity contribution in [1.29, 1.82) is 0 Å². The molecule has 1 aliphatic heterocycles. The van der Waals surface area contributed by atoms with E-state index in [1.807, 2.05) is 19.1 Å². The molecule has 0 atom stereocenters. The van der Waals surface area contributed by atoms with Crippen LogP contribution in [0.15, 0.2) is 48.5 Å². The molecule has 3 rings (SSSR count). The van der Waals surface area contributed by atoms with Crippen LogP contribution < -0.4 is 14.8 Å². The highest BCUT2D eigenvalue weighted by Crippen LogP contribution is 2.18. The number of hydrogen-bond donors (Lipinski definition) is 2. The number of likely N-dealkylation sites (tertiary alicyclic amines) is 1. The fourth-order valence-corrected chi connectivity index (χ4v) is 3.25. The standard InChI is InChI=1S/C23H28N2O5/c1-2-29-20-7-9-21(10-8-20)30-16-22(27)24-18-5-3-17(4-6-18)15-23(28)25-13-11-19(26)12-14-25/h3-10,19,26H,2,11-16H2,1H3,(H,24,27). The van der Waals surface area contributed by atoms with Gasteiger partial charge in [0.2, 0.25) is 5.91 Å². The van der Waals surface area contributed by atoms with Crippen LogP contribution in [0.25, 0.3) is 0 Å². The number of nitrogens with zero attached hydrogens (tertiary/aromatic N) is 1. The summed E-state index contributed by atoms with van der Waals surface area (Å²) >= 11 is 0. The number of ether oxygens (including phenoxy) is 2. The van der Waals surface area contributed by atoms with Crippen LogP contribution in [0.3, 0.4) is 0 Å². The van der Waals surface area contributed by atoms with Crippen molar-refractivity contribution in [2.75, 3.05) is 31.6 Å². The third-order valence-electron chi connectivity index (χ3n) is 4.91. The molecule has 7 heteroatoms. The summed E-state index contributed by atoms with van der Waals surface area (Å²) in [4.78, 5) is 26.3. The molecule has 2 amide bonds. The number of aliphatic hydroxyl groups is 1. The normalized spacial score (nSPS) is 14.3. The van der Waals surface area contributed by atoms with Crippen LogP contribution in [0, 0.1) is 0 Å². The summed E-state index contributed by atoms with van der Waals surface area (Å²) in [5, 5.41) is 12.3. The lowest BCUT2D eigenvalue weighted by Gasteiger charge is -2.29. The Morgan fingerprint density at radius 1 is 1.00 bits per heavy atom. The molecule has 1 fully saturated rings. The summed E-state index contributed by atoms with van der Waals surface area (Å²) in [5.41, 5.74) is 1.53. The van der Waals surface area contributed by atoms with Gasteiger partial charge in [0.05, 0.1) is 19.1 Å². The van der Waals surface area contributed by atoms with Crippen LogP contribution in [-0.2, 0) is 16.0 Å². The lowest BCUT2D eigenvalue weighted by Crippen LogP contribution is -2.40. The fraction of sp³-hybridized carbons (Fsp3) is 0.391. The lowest BCUT2D eigenvalue weighted by atomic mass is 10.1. The maximum absolute atomic E-state index is 12.4. The predicted molar refractivity (Wildman–Crippen MR) is 114 cm³/mol. The number of nitrogens with one attached hydrogen (secondary N) is 1. The zero-order valence-corrected chi connectivity index (χ0v) is 17.2. The number of amides is 2. The molecule has 0 saturated carbocycles. The Balaban J connectivity index is 1.43. The SMILES string of the molecule is CCOc1ccc(OCC(=O)Nc2ccc(CC(=O)N3CCC(O)CC3)cc2)cc1. The van der Waals surface area contributed by atoms with Crippen LogP contribution in [0.1, 0.15) is 25.3 Å². The smallest absolute Gasteiger partial charge is 0.262 e. The van der Waals surface area contributed by atoms with Crippen molar-refractivity contribution in [3.63, 3.8) is 0 Å². The Morgan fingerprint density at radius 2 is 1.60 bits per heavy atom. The van der Waals surface area contributed by atoms with Gasteiger partial charge in [0.1, 0.15) is 11.5 Å². The largest absolute Gasteiger partial charge is 0.494 e. The van der Waals surface area contributed by atoms with Gasteiger partial charge >= 0.3 is 0 Å². The van der Waals surface area contributed by atoms with E-state index < -0.39 is 0 Å². The molecule has 30 heavy (non-hydrogen) atoms. The number of rotatable bonds is 8. The van der Waals surface area contributed by atoms with Gasteiger partial charge in [0, 0.05) is 18.8 Å². The van der Waals surface area contributed by atoms with Crippen molar-refractivity contribution in [3.8, 4) is 11.5 Å². The fourth-order valence-electron chi connectivity index (χ4n) is 3.25. The predicted octanol–water partition coefficient (Wildman–Crippen LogP) is 2.63. The van der Waals surface area contributed by atoms with E-state index in [2.05, 4.69) is 5.32 Å². The van der Waals surface area contributed by atoms with E-state index in [9.17, 15) is 14.7 Å². The van der Waals surface area contributed by atoms with Gasteiger partial charge in [0.25, 0.3) is 5.91 Å². The summed E-state index contributed by atoms with van der Waals surface area (Å²) in [5.74, 6) is 1.14. The number of anilines is 1. The second-order valence-electron chi connectivity index (χ2n) is 7.23. The maximum Gasteiger partial charge on any atom is 0.262 e. The third-order valence-corrected chi connectivity index (χ3v) is 4.91. The Labute approximate surface area is 176 Å². The first-order chi connectivity index (χ1) is 14.5. The molecule has 0 bridgehead atoms.